The molecule has 0 heterocycles. The molecule has 2 aromatic carbocycles. The van der Waals surface area contributed by atoms with Crippen LogP contribution >= 0.6 is 11.6 Å². The number of carbonyl (C=O) groups excluding carboxylic acids is 1. The van der Waals surface area contributed by atoms with E-state index in [2.05, 4.69) is 5.32 Å². The molecule has 0 aliphatic carbocycles. The van der Waals surface area contributed by atoms with E-state index in [0.29, 0.717) is 10.8 Å². The summed E-state index contributed by atoms with van der Waals surface area (Å²) < 4.78 is 5.31. The molecule has 0 spiro atoms. The molecule has 2 rings (SSSR count). The summed E-state index contributed by atoms with van der Waals surface area (Å²) in [6, 6.07) is 9.56. The minimum atomic E-state index is -0.526. The van der Waals surface area contributed by atoms with Crippen molar-refractivity contribution in [1.29, 1.82) is 0 Å². The summed E-state index contributed by atoms with van der Waals surface area (Å²) in [5.74, 6) is 0.00504. The Balaban J connectivity index is 2.06. The molecule has 7 heteroatoms. The van der Waals surface area contributed by atoms with E-state index in [0.717, 1.165) is 11.1 Å². The highest BCUT2D eigenvalue weighted by atomic mass is 35.5. The molecular formula is C16H15ClN2O4. The first-order chi connectivity index (χ1) is 10.9. The topological polar surface area (TPSA) is 81.5 Å². The second-order valence-electron chi connectivity index (χ2n) is 5.00. The van der Waals surface area contributed by atoms with Gasteiger partial charge < -0.3 is 10.1 Å². The number of rotatable bonds is 5. The molecule has 1 N–H and O–H groups in total. The molecule has 0 aliphatic heterocycles. The molecular weight excluding hydrogens is 320 g/mol. The van der Waals surface area contributed by atoms with Crippen molar-refractivity contribution in [2.24, 2.45) is 0 Å². The van der Waals surface area contributed by atoms with Crippen LogP contribution in [0, 0.1) is 24.0 Å². The van der Waals surface area contributed by atoms with Crippen LogP contribution in [0.15, 0.2) is 36.4 Å². The van der Waals surface area contributed by atoms with E-state index in [1.54, 1.807) is 37.3 Å². The van der Waals surface area contributed by atoms with Crippen molar-refractivity contribution in [2.75, 3.05) is 11.9 Å². The van der Waals surface area contributed by atoms with Crippen LogP contribution in [-0.4, -0.2) is 17.4 Å². The SMILES string of the molecule is Cc1cc(NC(=O)COc2ccc(Cl)cc2)c([N+](=O)[O-])cc1C. The van der Waals surface area contributed by atoms with Gasteiger partial charge in [-0.25, -0.2) is 0 Å². The fourth-order valence-corrected chi connectivity index (χ4v) is 2.04. The largest absolute Gasteiger partial charge is 0.484 e. The van der Waals surface area contributed by atoms with E-state index in [1.165, 1.54) is 6.07 Å². The molecule has 0 fully saturated rings. The van der Waals surface area contributed by atoms with E-state index < -0.39 is 10.8 Å². The van der Waals surface area contributed by atoms with Crippen LogP contribution in [0.2, 0.25) is 5.02 Å². The van der Waals surface area contributed by atoms with Gasteiger partial charge in [0.05, 0.1) is 4.92 Å². The normalized spacial score (nSPS) is 10.2. The van der Waals surface area contributed by atoms with E-state index in [4.69, 9.17) is 16.3 Å². The van der Waals surface area contributed by atoms with Crippen molar-refractivity contribution in [1.82, 2.24) is 0 Å². The number of carbonyl (C=O) groups is 1. The monoisotopic (exact) mass is 334 g/mol. The highest BCUT2D eigenvalue weighted by molar-refractivity contribution is 6.30. The van der Waals surface area contributed by atoms with Gasteiger partial charge in [-0.15, -0.1) is 0 Å². The number of nitro benzene ring substituents is 1. The molecule has 0 aliphatic rings. The molecule has 6 nitrogen and oxygen atoms in total. The summed E-state index contributed by atoms with van der Waals surface area (Å²) in [5, 5.41) is 14.2. The summed E-state index contributed by atoms with van der Waals surface area (Å²) in [4.78, 5) is 22.5. The number of nitro groups is 1. The number of nitrogens with zero attached hydrogens (tertiary/aromatic N) is 1. The van der Waals surface area contributed by atoms with Crippen molar-refractivity contribution in [3.8, 4) is 5.75 Å². The van der Waals surface area contributed by atoms with Crippen molar-refractivity contribution < 1.29 is 14.5 Å². The van der Waals surface area contributed by atoms with Gasteiger partial charge in [0.15, 0.2) is 6.61 Å². The van der Waals surface area contributed by atoms with Gasteiger partial charge in [0.25, 0.3) is 11.6 Å². The summed E-state index contributed by atoms with van der Waals surface area (Å²) in [7, 11) is 0. The Bertz CT molecular complexity index is 744. The van der Waals surface area contributed by atoms with Gasteiger partial charge in [-0.05, 0) is 55.3 Å². The Morgan fingerprint density at radius 1 is 1.22 bits per heavy atom. The lowest BCUT2D eigenvalue weighted by molar-refractivity contribution is -0.384. The summed E-state index contributed by atoms with van der Waals surface area (Å²) in [6.45, 7) is 3.34. The zero-order chi connectivity index (χ0) is 17.0. The summed E-state index contributed by atoms with van der Waals surface area (Å²) in [6.07, 6.45) is 0. The Morgan fingerprint density at radius 2 is 1.83 bits per heavy atom. The quantitative estimate of drug-likeness (QED) is 0.664. The second kappa shape index (κ2) is 7.11. The van der Waals surface area contributed by atoms with E-state index >= 15 is 0 Å². The third-order valence-electron chi connectivity index (χ3n) is 3.27. The first-order valence-corrected chi connectivity index (χ1v) is 7.18. The van der Waals surface area contributed by atoms with Crippen LogP contribution in [0.1, 0.15) is 11.1 Å². The maximum absolute atomic E-state index is 11.9. The van der Waals surface area contributed by atoms with E-state index in [9.17, 15) is 14.9 Å². The summed E-state index contributed by atoms with van der Waals surface area (Å²) in [5.41, 5.74) is 1.65. The number of benzene rings is 2. The van der Waals surface area contributed by atoms with Gasteiger partial charge in [0, 0.05) is 11.1 Å². The van der Waals surface area contributed by atoms with Crippen LogP contribution in [-0.2, 0) is 4.79 Å². The average Bonchev–Trinajstić information content (AvgIpc) is 2.50. The Morgan fingerprint density at radius 3 is 2.43 bits per heavy atom. The standard InChI is InChI=1S/C16H15ClN2O4/c1-10-7-14(15(19(21)22)8-11(10)2)18-16(20)9-23-13-5-3-12(17)4-6-13/h3-8H,9H2,1-2H3,(H,18,20). The van der Waals surface area contributed by atoms with Gasteiger partial charge in [0.2, 0.25) is 0 Å². The fourth-order valence-electron chi connectivity index (χ4n) is 1.92. The van der Waals surface area contributed by atoms with Crippen molar-refractivity contribution in [2.45, 2.75) is 13.8 Å². The predicted molar refractivity (Wildman–Crippen MR) is 88.1 cm³/mol. The molecule has 0 saturated carbocycles. The third kappa shape index (κ3) is 4.43. The van der Waals surface area contributed by atoms with Gasteiger partial charge in [0.1, 0.15) is 11.4 Å². The maximum atomic E-state index is 11.9. The highest BCUT2D eigenvalue weighted by Crippen LogP contribution is 2.27. The molecule has 2 aromatic rings. The first-order valence-electron chi connectivity index (χ1n) is 6.80. The minimum absolute atomic E-state index is 0.145. The van der Waals surface area contributed by atoms with Crippen LogP contribution < -0.4 is 10.1 Å². The summed E-state index contributed by atoms with van der Waals surface area (Å²) >= 11 is 5.76. The maximum Gasteiger partial charge on any atom is 0.293 e. The number of halogens is 1. The zero-order valence-electron chi connectivity index (χ0n) is 12.6. The Kier molecular flexibility index (Phi) is 5.18. The van der Waals surface area contributed by atoms with Crippen molar-refractivity contribution in [3.05, 3.63) is 62.7 Å². The number of ether oxygens (including phenoxy) is 1. The van der Waals surface area contributed by atoms with Crippen LogP contribution in [0.3, 0.4) is 0 Å². The molecule has 120 valence electrons. The minimum Gasteiger partial charge on any atom is -0.484 e. The Labute approximate surface area is 138 Å². The number of aryl methyl sites for hydroxylation is 2. The lowest BCUT2D eigenvalue weighted by Crippen LogP contribution is -2.21. The lowest BCUT2D eigenvalue weighted by atomic mass is 10.1. The van der Waals surface area contributed by atoms with E-state index in [1.807, 2.05) is 6.92 Å². The molecule has 0 atom stereocenters. The van der Waals surface area contributed by atoms with E-state index in [-0.39, 0.29) is 18.0 Å². The molecule has 23 heavy (non-hydrogen) atoms. The van der Waals surface area contributed by atoms with Gasteiger partial charge in [-0.2, -0.15) is 0 Å². The number of hydrogen-bond donors (Lipinski definition) is 1. The zero-order valence-corrected chi connectivity index (χ0v) is 13.4. The van der Waals surface area contributed by atoms with Gasteiger partial charge in [-0.1, -0.05) is 11.6 Å². The van der Waals surface area contributed by atoms with Crippen molar-refractivity contribution in [3.63, 3.8) is 0 Å². The lowest BCUT2D eigenvalue weighted by Gasteiger charge is -2.10. The van der Waals surface area contributed by atoms with Gasteiger partial charge in [-0.3, -0.25) is 14.9 Å². The number of amides is 1. The Hall–Kier alpha value is -2.60. The highest BCUT2D eigenvalue weighted by Gasteiger charge is 2.17. The molecule has 0 radical (unpaired) electrons. The smallest absolute Gasteiger partial charge is 0.293 e. The second-order valence-corrected chi connectivity index (χ2v) is 5.44. The average molecular weight is 335 g/mol. The van der Waals surface area contributed by atoms with Crippen LogP contribution in [0.4, 0.5) is 11.4 Å². The van der Waals surface area contributed by atoms with Crippen LogP contribution in [0.5, 0.6) is 5.75 Å². The number of nitrogens with one attached hydrogen (secondary N) is 1. The predicted octanol–water partition coefficient (Wildman–Crippen LogP) is 3.88. The first kappa shape index (κ1) is 16.8. The number of hydrogen-bond acceptors (Lipinski definition) is 4. The third-order valence-corrected chi connectivity index (χ3v) is 3.52. The molecule has 0 saturated heterocycles. The number of anilines is 1. The molecule has 0 aromatic heterocycles. The fraction of sp³-hybridized carbons (Fsp3) is 0.188. The van der Waals surface area contributed by atoms with Gasteiger partial charge >= 0.3 is 0 Å². The molecule has 0 unspecified atom stereocenters. The molecule has 1 amide bonds. The molecule has 0 bridgehead atoms. The van der Waals surface area contributed by atoms with Crippen molar-refractivity contribution >= 4 is 28.9 Å². The van der Waals surface area contributed by atoms with Crippen LogP contribution in [0.25, 0.3) is 0 Å².